The Morgan fingerprint density at radius 3 is 2.59 bits per heavy atom. The molecule has 0 aliphatic heterocycles. The quantitative estimate of drug-likeness (QED) is 0.770. The van der Waals surface area contributed by atoms with Crippen molar-refractivity contribution in [2.45, 2.75) is 24.5 Å². The molecule has 27 heavy (non-hydrogen) atoms. The molecule has 0 saturated heterocycles. The van der Waals surface area contributed by atoms with Crippen molar-refractivity contribution in [1.82, 2.24) is 10.3 Å². The van der Waals surface area contributed by atoms with Crippen LogP contribution in [0.15, 0.2) is 47.5 Å². The fourth-order valence-corrected chi connectivity index (χ4v) is 3.25. The highest BCUT2D eigenvalue weighted by molar-refractivity contribution is 7.91. The highest BCUT2D eigenvalue weighted by atomic mass is 32.2. The number of alkyl halides is 3. The van der Waals surface area contributed by atoms with Gasteiger partial charge in [-0.1, -0.05) is 19.1 Å². The van der Waals surface area contributed by atoms with Crippen molar-refractivity contribution in [3.63, 3.8) is 0 Å². The molecular weight excluding hydrogens is 385 g/mol. The lowest BCUT2D eigenvalue weighted by molar-refractivity contribution is -0.154. The van der Waals surface area contributed by atoms with E-state index in [4.69, 9.17) is 0 Å². The summed E-state index contributed by atoms with van der Waals surface area (Å²) in [6.07, 6.45) is -3.23. The second-order valence-corrected chi connectivity index (χ2v) is 7.74. The van der Waals surface area contributed by atoms with E-state index in [1.165, 1.54) is 43.5 Å². The molecule has 0 saturated carbocycles. The number of amides is 1. The predicted octanol–water partition coefficient (Wildman–Crippen LogP) is 2.75. The summed E-state index contributed by atoms with van der Waals surface area (Å²) in [6, 6.07) is 8.56. The van der Waals surface area contributed by atoms with Crippen LogP contribution in [0.2, 0.25) is 0 Å². The molecule has 0 aliphatic rings. The van der Waals surface area contributed by atoms with Crippen LogP contribution in [0.4, 0.5) is 13.2 Å². The van der Waals surface area contributed by atoms with E-state index in [1.54, 1.807) is 6.07 Å². The normalized spacial score (nSPS) is 11.9. The third kappa shape index (κ3) is 5.95. The highest BCUT2D eigenvalue weighted by Crippen LogP contribution is 2.19. The Hall–Kier alpha value is -2.62. The zero-order valence-electron chi connectivity index (χ0n) is 14.3. The van der Waals surface area contributed by atoms with E-state index in [-0.39, 0.29) is 28.6 Å². The van der Waals surface area contributed by atoms with Gasteiger partial charge in [-0.3, -0.25) is 4.79 Å². The average Bonchev–Trinajstić information content (AvgIpc) is 2.64. The molecule has 6 nitrogen and oxygen atoms in total. The molecule has 10 heteroatoms. The van der Waals surface area contributed by atoms with Crippen LogP contribution in [0.3, 0.4) is 0 Å². The average molecular weight is 402 g/mol. The van der Waals surface area contributed by atoms with Gasteiger partial charge in [-0.2, -0.15) is 13.2 Å². The lowest BCUT2D eigenvalue weighted by Crippen LogP contribution is -2.25. The van der Waals surface area contributed by atoms with Gasteiger partial charge >= 0.3 is 6.18 Å². The van der Waals surface area contributed by atoms with Crippen molar-refractivity contribution >= 4 is 15.7 Å². The summed E-state index contributed by atoms with van der Waals surface area (Å²) < 4.78 is 65.3. The molecule has 0 atom stereocenters. The number of carbonyl (C=O) groups excluding carboxylic acids is 1. The maximum Gasteiger partial charge on any atom is 0.422 e. The van der Waals surface area contributed by atoms with Crippen molar-refractivity contribution in [2.75, 3.05) is 12.4 Å². The van der Waals surface area contributed by atoms with E-state index >= 15 is 0 Å². The number of hydrogen-bond donors (Lipinski definition) is 1. The van der Waals surface area contributed by atoms with Crippen LogP contribution in [0, 0.1) is 0 Å². The number of hydrogen-bond acceptors (Lipinski definition) is 5. The largest absolute Gasteiger partial charge is 0.468 e. The van der Waals surface area contributed by atoms with E-state index in [2.05, 4.69) is 15.0 Å². The summed E-state index contributed by atoms with van der Waals surface area (Å²) in [5.41, 5.74) is 0.452. The minimum atomic E-state index is -4.49. The number of ether oxygens (including phenoxy) is 1. The first kappa shape index (κ1) is 20.7. The maximum atomic E-state index is 12.4. The summed E-state index contributed by atoms with van der Waals surface area (Å²) in [5, 5.41) is 2.54. The third-order valence-electron chi connectivity index (χ3n) is 3.48. The molecule has 0 spiro atoms. The van der Waals surface area contributed by atoms with Crippen LogP contribution >= 0.6 is 0 Å². The summed E-state index contributed by atoms with van der Waals surface area (Å²) in [7, 11) is -3.58. The Kier molecular flexibility index (Phi) is 6.42. The van der Waals surface area contributed by atoms with E-state index in [0.717, 1.165) is 0 Å². The number of benzene rings is 1. The minimum Gasteiger partial charge on any atom is -0.468 e. The lowest BCUT2D eigenvalue weighted by atomic mass is 10.2. The smallest absolute Gasteiger partial charge is 0.422 e. The summed E-state index contributed by atoms with van der Waals surface area (Å²) in [6.45, 7) is -0.0359. The first-order valence-electron chi connectivity index (χ1n) is 7.87. The Morgan fingerprint density at radius 1 is 1.22 bits per heavy atom. The van der Waals surface area contributed by atoms with E-state index < -0.39 is 28.5 Å². The van der Waals surface area contributed by atoms with Gasteiger partial charge in [0.2, 0.25) is 5.88 Å². The van der Waals surface area contributed by atoms with E-state index in [9.17, 15) is 26.4 Å². The second-order valence-electron chi connectivity index (χ2n) is 5.49. The zero-order chi connectivity index (χ0) is 20.1. The van der Waals surface area contributed by atoms with E-state index in [1.807, 2.05) is 0 Å². The lowest BCUT2D eigenvalue weighted by Gasteiger charge is -2.11. The van der Waals surface area contributed by atoms with E-state index in [0.29, 0.717) is 5.56 Å². The predicted molar refractivity (Wildman–Crippen MR) is 91.1 cm³/mol. The number of nitrogens with zero attached hydrogens (tertiary/aromatic N) is 1. The van der Waals surface area contributed by atoms with Gasteiger partial charge < -0.3 is 10.1 Å². The van der Waals surface area contributed by atoms with Crippen molar-refractivity contribution in [3.05, 3.63) is 53.7 Å². The number of rotatable bonds is 7. The molecule has 2 aromatic rings. The number of aromatic nitrogens is 1. The SMILES string of the molecule is CCS(=O)(=O)c1ccccc1C(=O)NCc1ccnc(OCC(F)(F)F)c1. The van der Waals surface area contributed by atoms with Crippen LogP contribution in [0.1, 0.15) is 22.8 Å². The Morgan fingerprint density at radius 2 is 1.93 bits per heavy atom. The molecule has 0 aliphatic carbocycles. The van der Waals surface area contributed by atoms with Gasteiger partial charge in [0.05, 0.1) is 16.2 Å². The van der Waals surface area contributed by atoms with Gasteiger partial charge in [0.15, 0.2) is 16.4 Å². The number of sulfone groups is 1. The Bertz CT molecular complexity index is 914. The molecular formula is C17H17F3N2O4S. The molecule has 0 bridgehead atoms. The zero-order valence-corrected chi connectivity index (χ0v) is 15.1. The van der Waals surface area contributed by atoms with Crippen molar-refractivity contribution in [3.8, 4) is 5.88 Å². The maximum absolute atomic E-state index is 12.4. The highest BCUT2D eigenvalue weighted by Gasteiger charge is 2.28. The van der Waals surface area contributed by atoms with Gasteiger partial charge in [0.1, 0.15) is 0 Å². The fourth-order valence-electron chi connectivity index (χ4n) is 2.15. The number of carbonyl (C=O) groups is 1. The standard InChI is InChI=1S/C17H17F3N2O4S/c1-2-27(24,25)14-6-4-3-5-13(14)16(23)22-10-12-7-8-21-15(9-12)26-11-17(18,19)20/h3-9H,2,10-11H2,1H3,(H,22,23). The Labute approximate surface area is 154 Å². The van der Waals surface area contributed by atoms with Crippen LogP contribution < -0.4 is 10.1 Å². The van der Waals surface area contributed by atoms with Crippen molar-refractivity contribution < 1.29 is 31.1 Å². The van der Waals surface area contributed by atoms with Gasteiger partial charge in [-0.15, -0.1) is 0 Å². The second kappa shape index (κ2) is 8.38. The van der Waals surface area contributed by atoms with Gasteiger partial charge in [0, 0.05) is 18.8 Å². The number of nitrogens with one attached hydrogen (secondary N) is 1. The van der Waals surface area contributed by atoms with Gasteiger partial charge in [0.25, 0.3) is 5.91 Å². The third-order valence-corrected chi connectivity index (χ3v) is 5.27. The molecule has 0 unspecified atom stereocenters. The fraction of sp³-hybridized carbons (Fsp3) is 0.294. The molecule has 1 aromatic heterocycles. The molecule has 1 N–H and O–H groups in total. The first-order chi connectivity index (χ1) is 12.6. The number of halogens is 3. The summed E-state index contributed by atoms with van der Waals surface area (Å²) in [4.78, 5) is 16.0. The molecule has 0 radical (unpaired) electrons. The van der Waals surface area contributed by atoms with Crippen molar-refractivity contribution in [2.24, 2.45) is 0 Å². The molecule has 1 heterocycles. The topological polar surface area (TPSA) is 85.4 Å². The minimum absolute atomic E-state index is 0.00181. The van der Waals surface area contributed by atoms with Crippen LogP contribution in [0.25, 0.3) is 0 Å². The van der Waals surface area contributed by atoms with Crippen LogP contribution in [0.5, 0.6) is 5.88 Å². The van der Waals surface area contributed by atoms with Crippen molar-refractivity contribution in [1.29, 1.82) is 0 Å². The molecule has 2 rings (SSSR count). The molecule has 1 aromatic carbocycles. The molecule has 146 valence electrons. The molecule has 1 amide bonds. The number of pyridine rings is 1. The van der Waals surface area contributed by atoms with Crippen LogP contribution in [-0.2, 0) is 16.4 Å². The van der Waals surface area contributed by atoms with Gasteiger partial charge in [-0.25, -0.2) is 13.4 Å². The Balaban J connectivity index is 2.09. The van der Waals surface area contributed by atoms with Crippen LogP contribution in [-0.4, -0.2) is 37.8 Å². The summed E-state index contributed by atoms with van der Waals surface area (Å²) in [5.74, 6) is -0.994. The monoisotopic (exact) mass is 402 g/mol. The van der Waals surface area contributed by atoms with Gasteiger partial charge in [-0.05, 0) is 23.8 Å². The molecule has 0 fully saturated rings. The summed E-state index contributed by atoms with van der Waals surface area (Å²) >= 11 is 0. The first-order valence-corrected chi connectivity index (χ1v) is 9.52.